The van der Waals surface area contributed by atoms with Gasteiger partial charge in [0.25, 0.3) is 0 Å². The van der Waals surface area contributed by atoms with E-state index in [1.165, 1.54) is 0 Å². The standard InChI is InChI=1S/C22H26N2/c1-14(2)21(15(3)4)22(24)19-11-10-17(12-16(19)5)20-9-7-6-8-18(20)13-23/h6-12H,1,3,13,23-24H2,2,4-5H3. The summed E-state index contributed by atoms with van der Waals surface area (Å²) < 4.78 is 0. The lowest BCUT2D eigenvalue weighted by Crippen LogP contribution is -2.05. The first-order chi connectivity index (χ1) is 11.4. The third-order valence-corrected chi connectivity index (χ3v) is 4.19. The molecule has 0 saturated heterocycles. The molecule has 4 N–H and O–H groups in total. The van der Waals surface area contributed by atoms with Crippen molar-refractivity contribution < 1.29 is 0 Å². The van der Waals surface area contributed by atoms with Gasteiger partial charge in [-0.05, 0) is 54.2 Å². The summed E-state index contributed by atoms with van der Waals surface area (Å²) in [5.74, 6) is 0. The molecular formula is C22H26N2. The van der Waals surface area contributed by atoms with E-state index in [9.17, 15) is 0 Å². The third kappa shape index (κ3) is 3.50. The Morgan fingerprint density at radius 2 is 1.62 bits per heavy atom. The van der Waals surface area contributed by atoms with Crippen LogP contribution in [0.25, 0.3) is 16.8 Å². The maximum Gasteiger partial charge on any atom is 0.0468 e. The Labute approximate surface area is 145 Å². The highest BCUT2D eigenvalue weighted by molar-refractivity contribution is 5.78. The first-order valence-electron chi connectivity index (χ1n) is 8.07. The second kappa shape index (κ2) is 7.33. The fraction of sp³-hybridized carbons (Fsp3) is 0.182. The van der Waals surface area contributed by atoms with Gasteiger partial charge < -0.3 is 11.5 Å². The van der Waals surface area contributed by atoms with Gasteiger partial charge in [-0.2, -0.15) is 0 Å². The van der Waals surface area contributed by atoms with Crippen LogP contribution in [0.3, 0.4) is 0 Å². The summed E-state index contributed by atoms with van der Waals surface area (Å²) in [6.45, 7) is 14.6. The summed E-state index contributed by atoms with van der Waals surface area (Å²) in [6.07, 6.45) is 0. The zero-order valence-electron chi connectivity index (χ0n) is 14.8. The lowest BCUT2D eigenvalue weighted by Gasteiger charge is -2.16. The fourth-order valence-corrected chi connectivity index (χ4v) is 3.07. The van der Waals surface area contributed by atoms with Gasteiger partial charge in [0.2, 0.25) is 0 Å². The van der Waals surface area contributed by atoms with Crippen molar-refractivity contribution in [2.24, 2.45) is 11.5 Å². The number of benzene rings is 2. The molecule has 0 aliphatic rings. The summed E-state index contributed by atoms with van der Waals surface area (Å²) in [5.41, 5.74) is 21.4. The van der Waals surface area contributed by atoms with E-state index in [1.807, 2.05) is 26.0 Å². The molecule has 0 aliphatic heterocycles. The number of aryl methyl sites for hydroxylation is 1. The molecular weight excluding hydrogens is 292 g/mol. The van der Waals surface area contributed by atoms with Crippen molar-refractivity contribution in [2.45, 2.75) is 27.3 Å². The van der Waals surface area contributed by atoms with Crippen LogP contribution in [0.4, 0.5) is 0 Å². The van der Waals surface area contributed by atoms with Gasteiger partial charge in [0.15, 0.2) is 0 Å². The van der Waals surface area contributed by atoms with Crippen LogP contribution in [0.2, 0.25) is 0 Å². The van der Waals surface area contributed by atoms with E-state index in [4.69, 9.17) is 11.5 Å². The van der Waals surface area contributed by atoms with E-state index in [2.05, 4.69) is 50.4 Å². The van der Waals surface area contributed by atoms with Gasteiger partial charge in [-0.1, -0.05) is 55.6 Å². The molecule has 0 amide bonds. The van der Waals surface area contributed by atoms with Gasteiger partial charge >= 0.3 is 0 Å². The van der Waals surface area contributed by atoms with Crippen molar-refractivity contribution in [1.82, 2.24) is 0 Å². The van der Waals surface area contributed by atoms with Crippen molar-refractivity contribution in [3.05, 3.63) is 89.0 Å². The molecule has 0 heterocycles. The number of hydrogen-bond donors (Lipinski definition) is 2. The van der Waals surface area contributed by atoms with Crippen LogP contribution in [0, 0.1) is 6.92 Å². The number of hydrogen-bond acceptors (Lipinski definition) is 2. The number of nitrogens with two attached hydrogens (primary N) is 2. The molecule has 0 saturated carbocycles. The molecule has 0 radical (unpaired) electrons. The van der Waals surface area contributed by atoms with Crippen LogP contribution in [0.5, 0.6) is 0 Å². The highest BCUT2D eigenvalue weighted by Gasteiger charge is 2.12. The maximum atomic E-state index is 6.42. The molecule has 0 spiro atoms. The Kier molecular flexibility index (Phi) is 5.42. The van der Waals surface area contributed by atoms with Gasteiger partial charge in [0.05, 0.1) is 0 Å². The first-order valence-corrected chi connectivity index (χ1v) is 8.07. The van der Waals surface area contributed by atoms with Crippen molar-refractivity contribution in [3.63, 3.8) is 0 Å². The number of allylic oxidation sites excluding steroid dienone is 3. The minimum absolute atomic E-state index is 0.522. The monoisotopic (exact) mass is 318 g/mol. The average Bonchev–Trinajstić information content (AvgIpc) is 2.53. The summed E-state index contributed by atoms with van der Waals surface area (Å²) in [5, 5.41) is 0. The van der Waals surface area contributed by atoms with Crippen LogP contribution in [-0.2, 0) is 6.54 Å². The van der Waals surface area contributed by atoms with E-state index >= 15 is 0 Å². The molecule has 0 aliphatic carbocycles. The lowest BCUT2D eigenvalue weighted by molar-refractivity contribution is 1.07. The van der Waals surface area contributed by atoms with E-state index in [0.29, 0.717) is 6.54 Å². The Bertz CT molecular complexity index is 810. The van der Waals surface area contributed by atoms with Crippen LogP contribution in [0.1, 0.15) is 30.5 Å². The van der Waals surface area contributed by atoms with Gasteiger partial charge in [-0.15, -0.1) is 0 Å². The zero-order chi connectivity index (χ0) is 17.9. The van der Waals surface area contributed by atoms with Crippen LogP contribution in [-0.4, -0.2) is 0 Å². The second-order valence-corrected chi connectivity index (χ2v) is 6.24. The fourth-order valence-electron chi connectivity index (χ4n) is 3.07. The van der Waals surface area contributed by atoms with Gasteiger partial charge in [-0.25, -0.2) is 0 Å². The summed E-state index contributed by atoms with van der Waals surface area (Å²) in [6, 6.07) is 14.5. The molecule has 2 nitrogen and oxygen atoms in total. The summed E-state index contributed by atoms with van der Waals surface area (Å²) in [7, 11) is 0. The Morgan fingerprint density at radius 3 is 2.17 bits per heavy atom. The molecule has 0 bridgehead atoms. The third-order valence-electron chi connectivity index (χ3n) is 4.19. The molecule has 0 aromatic heterocycles. The van der Waals surface area contributed by atoms with Crippen molar-refractivity contribution >= 4 is 5.70 Å². The number of rotatable bonds is 5. The van der Waals surface area contributed by atoms with Gasteiger partial charge in [-0.3, -0.25) is 0 Å². The van der Waals surface area contributed by atoms with Crippen molar-refractivity contribution in [3.8, 4) is 11.1 Å². The molecule has 2 heteroatoms. The SMILES string of the molecule is C=C(C)C(C(=C)C)=C(N)c1ccc(-c2ccccc2CN)cc1C. The van der Waals surface area contributed by atoms with Crippen LogP contribution < -0.4 is 11.5 Å². The lowest BCUT2D eigenvalue weighted by atomic mass is 9.91. The van der Waals surface area contributed by atoms with Gasteiger partial charge in [0.1, 0.15) is 0 Å². The normalized spacial score (nSPS) is 10.3. The Balaban J connectivity index is 2.57. The maximum absolute atomic E-state index is 6.42. The minimum atomic E-state index is 0.522. The van der Waals surface area contributed by atoms with Crippen LogP contribution in [0.15, 0.2) is 72.3 Å². The summed E-state index contributed by atoms with van der Waals surface area (Å²) >= 11 is 0. The first kappa shape index (κ1) is 17.8. The predicted octanol–water partition coefficient (Wildman–Crippen LogP) is 4.94. The Morgan fingerprint density at radius 1 is 1.00 bits per heavy atom. The van der Waals surface area contributed by atoms with Gasteiger partial charge in [0, 0.05) is 23.4 Å². The topological polar surface area (TPSA) is 52.0 Å². The van der Waals surface area contributed by atoms with E-state index in [-0.39, 0.29) is 0 Å². The van der Waals surface area contributed by atoms with Crippen molar-refractivity contribution in [1.29, 1.82) is 0 Å². The zero-order valence-corrected chi connectivity index (χ0v) is 14.8. The highest BCUT2D eigenvalue weighted by Crippen LogP contribution is 2.30. The summed E-state index contributed by atoms with van der Waals surface area (Å²) in [4.78, 5) is 0. The molecule has 0 atom stereocenters. The molecule has 124 valence electrons. The second-order valence-electron chi connectivity index (χ2n) is 6.24. The largest absolute Gasteiger partial charge is 0.398 e. The molecule has 2 aromatic rings. The molecule has 2 aromatic carbocycles. The van der Waals surface area contributed by atoms with E-state index in [0.717, 1.165) is 50.2 Å². The smallest absolute Gasteiger partial charge is 0.0468 e. The predicted molar refractivity (Wildman–Crippen MR) is 105 cm³/mol. The molecule has 2 rings (SSSR count). The van der Waals surface area contributed by atoms with Crippen LogP contribution >= 0.6 is 0 Å². The van der Waals surface area contributed by atoms with Crippen molar-refractivity contribution in [2.75, 3.05) is 0 Å². The Hall–Kier alpha value is -2.58. The molecule has 0 unspecified atom stereocenters. The minimum Gasteiger partial charge on any atom is -0.398 e. The quantitative estimate of drug-likeness (QED) is 0.767. The molecule has 24 heavy (non-hydrogen) atoms. The highest BCUT2D eigenvalue weighted by atomic mass is 14.6. The molecule has 0 fully saturated rings. The average molecular weight is 318 g/mol. The van der Waals surface area contributed by atoms with E-state index < -0.39 is 0 Å². The van der Waals surface area contributed by atoms with E-state index in [1.54, 1.807) is 0 Å².